The second-order valence-corrected chi connectivity index (χ2v) is 6.51. The smallest absolute Gasteiger partial charge is 0.220 e. The lowest BCUT2D eigenvalue weighted by Crippen LogP contribution is -2.27. The highest BCUT2D eigenvalue weighted by Gasteiger charge is 2.14. The summed E-state index contributed by atoms with van der Waals surface area (Å²) in [5.74, 6) is -0.0862. The molecule has 0 aliphatic rings. The van der Waals surface area contributed by atoms with Gasteiger partial charge in [0.1, 0.15) is 0 Å². The number of rotatable bonds is 6. The van der Waals surface area contributed by atoms with Gasteiger partial charge in [-0.2, -0.15) is 0 Å². The average Bonchev–Trinajstić information content (AvgIpc) is 2.99. The first kappa shape index (κ1) is 15.9. The van der Waals surface area contributed by atoms with Gasteiger partial charge in [0.25, 0.3) is 0 Å². The Morgan fingerprint density at radius 2 is 1.95 bits per heavy atom. The Morgan fingerprint density at radius 1 is 1.19 bits per heavy atom. The zero-order valence-corrected chi connectivity index (χ0v) is 14.0. The van der Waals surface area contributed by atoms with Gasteiger partial charge in [-0.25, -0.2) is 0 Å². The van der Waals surface area contributed by atoms with Crippen LogP contribution in [0.15, 0.2) is 46.3 Å². The quantitative estimate of drug-likeness (QED) is 0.773. The topological polar surface area (TPSA) is 46.2 Å². The van der Waals surface area contributed by atoms with Crippen LogP contribution in [0.4, 0.5) is 0 Å². The largest absolute Gasteiger partial charge is 0.350 e. The SMILES string of the molecule is C[C@H](NC(=O)CCC(=O)c1cccs1)c1ccccc1Br. The predicted octanol–water partition coefficient (Wildman–Crippen LogP) is 4.35. The van der Waals surface area contributed by atoms with E-state index in [2.05, 4.69) is 21.2 Å². The average molecular weight is 366 g/mol. The summed E-state index contributed by atoms with van der Waals surface area (Å²) in [5.41, 5.74) is 1.02. The molecule has 5 heteroatoms. The molecule has 1 amide bonds. The zero-order valence-electron chi connectivity index (χ0n) is 11.6. The minimum absolute atomic E-state index is 0.0219. The molecule has 0 saturated heterocycles. The normalized spacial score (nSPS) is 11.9. The number of thiophene rings is 1. The summed E-state index contributed by atoms with van der Waals surface area (Å²) >= 11 is 4.88. The molecule has 2 rings (SSSR count). The van der Waals surface area contributed by atoms with Gasteiger partial charge < -0.3 is 5.32 Å². The summed E-state index contributed by atoms with van der Waals surface area (Å²) in [6, 6.07) is 11.3. The van der Waals surface area contributed by atoms with Gasteiger partial charge in [-0.15, -0.1) is 11.3 Å². The molecular weight excluding hydrogens is 350 g/mol. The highest BCUT2D eigenvalue weighted by Crippen LogP contribution is 2.22. The van der Waals surface area contributed by atoms with E-state index in [9.17, 15) is 9.59 Å². The Hall–Kier alpha value is -1.46. The van der Waals surface area contributed by atoms with Crippen LogP contribution in [0.3, 0.4) is 0 Å². The van der Waals surface area contributed by atoms with E-state index in [1.165, 1.54) is 11.3 Å². The van der Waals surface area contributed by atoms with Gasteiger partial charge in [0, 0.05) is 17.3 Å². The summed E-state index contributed by atoms with van der Waals surface area (Å²) in [5, 5.41) is 4.78. The maximum absolute atomic E-state index is 11.9. The molecule has 0 radical (unpaired) electrons. The first-order valence-electron chi connectivity index (χ1n) is 6.68. The third-order valence-electron chi connectivity index (χ3n) is 3.12. The number of carbonyl (C=O) groups excluding carboxylic acids is 2. The molecule has 0 saturated carbocycles. The molecule has 110 valence electrons. The summed E-state index contributed by atoms with van der Waals surface area (Å²) in [6.45, 7) is 1.93. The zero-order chi connectivity index (χ0) is 15.2. The molecule has 3 nitrogen and oxygen atoms in total. The first-order chi connectivity index (χ1) is 10.1. The molecule has 0 aliphatic heterocycles. The van der Waals surface area contributed by atoms with Crippen molar-refractivity contribution in [3.63, 3.8) is 0 Å². The minimum atomic E-state index is -0.108. The number of amides is 1. The number of nitrogens with one attached hydrogen (secondary N) is 1. The van der Waals surface area contributed by atoms with E-state index in [-0.39, 0.29) is 30.6 Å². The van der Waals surface area contributed by atoms with E-state index in [1.807, 2.05) is 42.6 Å². The van der Waals surface area contributed by atoms with Crippen LogP contribution in [0.25, 0.3) is 0 Å². The Bertz CT molecular complexity index is 625. The molecule has 1 aromatic heterocycles. The Morgan fingerprint density at radius 3 is 2.62 bits per heavy atom. The van der Waals surface area contributed by atoms with Gasteiger partial charge in [-0.05, 0) is 30.0 Å². The number of hydrogen-bond donors (Lipinski definition) is 1. The van der Waals surface area contributed by atoms with E-state index in [0.29, 0.717) is 4.88 Å². The summed E-state index contributed by atoms with van der Waals surface area (Å²) in [6.07, 6.45) is 0.459. The second-order valence-electron chi connectivity index (χ2n) is 4.71. The molecular formula is C16H16BrNO2S. The van der Waals surface area contributed by atoms with Crippen molar-refractivity contribution in [3.8, 4) is 0 Å². The van der Waals surface area contributed by atoms with Gasteiger partial charge in [-0.1, -0.05) is 40.2 Å². The molecule has 1 aromatic carbocycles. The lowest BCUT2D eigenvalue weighted by atomic mass is 10.1. The van der Waals surface area contributed by atoms with Gasteiger partial charge in [0.15, 0.2) is 5.78 Å². The highest BCUT2D eigenvalue weighted by molar-refractivity contribution is 9.10. The van der Waals surface area contributed by atoms with Crippen molar-refractivity contribution in [1.82, 2.24) is 5.32 Å². The monoisotopic (exact) mass is 365 g/mol. The Labute approximate surface area is 136 Å². The number of carbonyl (C=O) groups is 2. The molecule has 0 fully saturated rings. The summed E-state index contributed by atoms with van der Waals surface area (Å²) in [4.78, 5) is 24.5. The van der Waals surface area contributed by atoms with Crippen LogP contribution in [0, 0.1) is 0 Å². The number of hydrogen-bond acceptors (Lipinski definition) is 3. The van der Waals surface area contributed by atoms with E-state index >= 15 is 0 Å². The summed E-state index contributed by atoms with van der Waals surface area (Å²) < 4.78 is 0.965. The maximum atomic E-state index is 11.9. The second kappa shape index (κ2) is 7.52. The van der Waals surface area contributed by atoms with Crippen molar-refractivity contribution in [2.45, 2.75) is 25.8 Å². The van der Waals surface area contributed by atoms with E-state index < -0.39 is 0 Å². The van der Waals surface area contributed by atoms with Gasteiger partial charge >= 0.3 is 0 Å². The molecule has 0 unspecified atom stereocenters. The van der Waals surface area contributed by atoms with Crippen LogP contribution in [0.2, 0.25) is 0 Å². The van der Waals surface area contributed by atoms with Crippen molar-refractivity contribution in [1.29, 1.82) is 0 Å². The molecule has 0 bridgehead atoms. The van der Waals surface area contributed by atoms with Crippen molar-refractivity contribution in [2.75, 3.05) is 0 Å². The third kappa shape index (κ3) is 4.51. The molecule has 0 spiro atoms. The molecule has 1 N–H and O–H groups in total. The third-order valence-corrected chi connectivity index (χ3v) is 4.76. The van der Waals surface area contributed by atoms with Crippen LogP contribution < -0.4 is 5.32 Å². The predicted molar refractivity (Wildman–Crippen MR) is 88.6 cm³/mol. The highest BCUT2D eigenvalue weighted by atomic mass is 79.9. The van der Waals surface area contributed by atoms with Crippen LogP contribution in [0.5, 0.6) is 0 Å². The van der Waals surface area contributed by atoms with Crippen molar-refractivity contribution < 1.29 is 9.59 Å². The van der Waals surface area contributed by atoms with Crippen molar-refractivity contribution in [3.05, 3.63) is 56.7 Å². The number of halogens is 1. The fourth-order valence-corrected chi connectivity index (χ4v) is 3.33. The van der Waals surface area contributed by atoms with E-state index in [4.69, 9.17) is 0 Å². The molecule has 0 aliphatic carbocycles. The van der Waals surface area contributed by atoms with Gasteiger partial charge in [0.05, 0.1) is 10.9 Å². The van der Waals surface area contributed by atoms with Crippen LogP contribution in [-0.2, 0) is 4.79 Å². The van der Waals surface area contributed by atoms with Gasteiger partial charge in [-0.3, -0.25) is 9.59 Å². The van der Waals surface area contributed by atoms with Crippen LogP contribution in [-0.4, -0.2) is 11.7 Å². The molecule has 21 heavy (non-hydrogen) atoms. The van der Waals surface area contributed by atoms with Crippen LogP contribution >= 0.6 is 27.3 Å². The van der Waals surface area contributed by atoms with Crippen molar-refractivity contribution >= 4 is 39.0 Å². The fraction of sp³-hybridized carbons (Fsp3) is 0.250. The fourth-order valence-electron chi connectivity index (χ4n) is 2.01. The minimum Gasteiger partial charge on any atom is -0.350 e. The number of benzene rings is 1. The first-order valence-corrected chi connectivity index (χ1v) is 8.35. The molecule has 1 heterocycles. The standard InChI is InChI=1S/C16H16BrNO2S/c1-11(12-5-2-3-6-13(12)17)18-16(20)9-8-14(19)15-7-4-10-21-15/h2-7,10-11H,8-9H2,1H3,(H,18,20)/t11-/m0/s1. The Kier molecular flexibility index (Phi) is 5.70. The summed E-state index contributed by atoms with van der Waals surface area (Å²) in [7, 11) is 0. The Balaban J connectivity index is 1.85. The van der Waals surface area contributed by atoms with Crippen molar-refractivity contribution in [2.24, 2.45) is 0 Å². The van der Waals surface area contributed by atoms with Crippen LogP contribution in [0.1, 0.15) is 41.0 Å². The van der Waals surface area contributed by atoms with E-state index in [0.717, 1.165) is 10.0 Å². The van der Waals surface area contributed by atoms with E-state index in [1.54, 1.807) is 6.07 Å². The maximum Gasteiger partial charge on any atom is 0.220 e. The molecule has 1 atom stereocenters. The lowest BCUT2D eigenvalue weighted by Gasteiger charge is -2.15. The van der Waals surface area contributed by atoms with Gasteiger partial charge in [0.2, 0.25) is 5.91 Å². The number of ketones is 1. The molecule has 2 aromatic rings. The lowest BCUT2D eigenvalue weighted by molar-refractivity contribution is -0.121. The number of Topliss-reactive ketones (excluding diaryl/α,β-unsaturated/α-hetero) is 1.